The minimum absolute atomic E-state index is 0.00775. The van der Waals surface area contributed by atoms with E-state index in [4.69, 9.17) is 0 Å². The lowest BCUT2D eigenvalue weighted by Crippen LogP contribution is -2.43. The molecule has 1 atom stereocenters. The van der Waals surface area contributed by atoms with Crippen LogP contribution in [-0.4, -0.2) is 46.2 Å². The van der Waals surface area contributed by atoms with Gasteiger partial charge in [-0.1, -0.05) is 37.3 Å². The number of para-hydroxylation sites is 1. The zero-order valence-electron chi connectivity index (χ0n) is 23.9. The molecular weight excluding hydrogens is 514 g/mol. The van der Waals surface area contributed by atoms with Crippen molar-refractivity contribution >= 4 is 40.0 Å². The molecule has 0 fully saturated rings. The first-order chi connectivity index (χ1) is 19.7. The van der Waals surface area contributed by atoms with Gasteiger partial charge in [0, 0.05) is 37.6 Å². The number of rotatable bonds is 8. The fourth-order valence-corrected chi connectivity index (χ4v) is 5.42. The average molecular weight is 550 g/mol. The Morgan fingerprint density at radius 3 is 2.59 bits per heavy atom. The predicted octanol–water partition coefficient (Wildman–Crippen LogP) is 5.34. The Labute approximate surface area is 240 Å². The number of carbonyl (C=O) groups is 3. The van der Waals surface area contributed by atoms with Crippen molar-refractivity contribution in [2.24, 2.45) is 5.41 Å². The number of aromatic nitrogens is 2. The summed E-state index contributed by atoms with van der Waals surface area (Å²) in [6.45, 7) is 5.81. The fraction of sp³-hybridized carbons (Fsp3) is 0.303. The van der Waals surface area contributed by atoms with Crippen molar-refractivity contribution in [3.63, 3.8) is 0 Å². The Kier molecular flexibility index (Phi) is 7.83. The molecule has 8 nitrogen and oxygen atoms in total. The van der Waals surface area contributed by atoms with Crippen LogP contribution in [0.5, 0.6) is 0 Å². The van der Waals surface area contributed by atoms with Gasteiger partial charge >= 0.3 is 0 Å². The zero-order valence-corrected chi connectivity index (χ0v) is 23.9. The smallest absolute Gasteiger partial charge is 0.241 e. The molecule has 2 aromatic heterocycles. The summed E-state index contributed by atoms with van der Waals surface area (Å²) in [6, 6.07) is 19.2. The Morgan fingerprint density at radius 1 is 1.02 bits per heavy atom. The minimum Gasteiger partial charge on any atom is -0.335 e. The van der Waals surface area contributed by atoms with Gasteiger partial charge in [0.25, 0.3) is 0 Å². The molecule has 8 heteroatoms. The van der Waals surface area contributed by atoms with Gasteiger partial charge in [-0.15, -0.1) is 0 Å². The van der Waals surface area contributed by atoms with E-state index in [1.807, 2.05) is 71.8 Å². The van der Waals surface area contributed by atoms with Crippen molar-refractivity contribution in [1.82, 2.24) is 14.9 Å². The number of amides is 3. The average Bonchev–Trinajstić information content (AvgIpc) is 3.04. The van der Waals surface area contributed by atoms with Crippen molar-refractivity contribution in [3.8, 4) is 0 Å². The van der Waals surface area contributed by atoms with Crippen LogP contribution in [0.15, 0.2) is 79.3 Å². The molecule has 210 valence electrons. The van der Waals surface area contributed by atoms with Gasteiger partial charge in [0.2, 0.25) is 17.7 Å². The highest BCUT2D eigenvalue weighted by Gasteiger charge is 2.42. The summed E-state index contributed by atoms with van der Waals surface area (Å²) in [4.78, 5) is 52.2. The molecule has 3 amide bonds. The molecule has 1 N–H and O–H groups in total. The van der Waals surface area contributed by atoms with E-state index < -0.39 is 5.41 Å². The molecule has 41 heavy (non-hydrogen) atoms. The maximum Gasteiger partial charge on any atom is 0.241 e. The van der Waals surface area contributed by atoms with Crippen LogP contribution in [0.1, 0.15) is 49.9 Å². The molecule has 0 bridgehead atoms. The molecule has 1 unspecified atom stereocenters. The third kappa shape index (κ3) is 5.68. The van der Waals surface area contributed by atoms with Crippen molar-refractivity contribution in [1.29, 1.82) is 0 Å². The normalized spacial score (nSPS) is 15.2. The van der Waals surface area contributed by atoms with Crippen LogP contribution in [0.3, 0.4) is 0 Å². The number of fused-ring (bicyclic) bond motifs is 2. The highest BCUT2D eigenvalue weighted by molar-refractivity contribution is 6.19. The van der Waals surface area contributed by atoms with Crippen LogP contribution in [0.2, 0.25) is 0 Å². The molecule has 0 radical (unpaired) electrons. The van der Waals surface area contributed by atoms with E-state index in [-0.39, 0.29) is 30.2 Å². The van der Waals surface area contributed by atoms with E-state index in [2.05, 4.69) is 22.2 Å². The first-order valence-electron chi connectivity index (χ1n) is 13.9. The van der Waals surface area contributed by atoms with Crippen molar-refractivity contribution in [3.05, 3.63) is 95.9 Å². The quantitative estimate of drug-likeness (QED) is 0.300. The molecule has 1 aliphatic heterocycles. The molecule has 3 heterocycles. The van der Waals surface area contributed by atoms with Crippen molar-refractivity contribution in [2.75, 3.05) is 23.8 Å². The topological polar surface area (TPSA) is 95.5 Å². The highest BCUT2D eigenvalue weighted by atomic mass is 16.2. The molecule has 0 saturated heterocycles. The van der Waals surface area contributed by atoms with Gasteiger partial charge in [-0.2, -0.15) is 0 Å². The van der Waals surface area contributed by atoms with Crippen LogP contribution < -0.4 is 10.2 Å². The molecule has 0 saturated carbocycles. The van der Waals surface area contributed by atoms with E-state index in [0.717, 1.165) is 27.6 Å². The Balaban J connectivity index is 1.48. The summed E-state index contributed by atoms with van der Waals surface area (Å²) in [5, 5.41) is 3.90. The van der Waals surface area contributed by atoms with Gasteiger partial charge in [0.1, 0.15) is 5.41 Å². The number of benzene rings is 2. The maximum atomic E-state index is 14.0. The third-order valence-corrected chi connectivity index (χ3v) is 7.87. The molecule has 4 aromatic rings. The first kappa shape index (κ1) is 28.0. The summed E-state index contributed by atoms with van der Waals surface area (Å²) < 4.78 is 0. The number of pyridine rings is 2. The van der Waals surface area contributed by atoms with Gasteiger partial charge in [-0.25, -0.2) is 0 Å². The third-order valence-electron chi connectivity index (χ3n) is 7.87. The summed E-state index contributed by atoms with van der Waals surface area (Å²) >= 11 is 0. The number of carbonyl (C=O) groups excluding carboxylic acids is 3. The number of nitrogens with zero attached hydrogens (tertiary/aromatic N) is 4. The number of hydrogen-bond acceptors (Lipinski definition) is 5. The summed E-state index contributed by atoms with van der Waals surface area (Å²) in [5.74, 6) is -0.635. The zero-order chi connectivity index (χ0) is 29.1. The molecule has 0 spiro atoms. The van der Waals surface area contributed by atoms with Gasteiger partial charge in [-0.05, 0) is 73.7 Å². The van der Waals surface area contributed by atoms with E-state index in [1.54, 1.807) is 33.3 Å². The molecule has 1 aliphatic rings. The summed E-state index contributed by atoms with van der Waals surface area (Å²) in [6.07, 6.45) is 6.87. The molecule has 5 rings (SSSR count). The van der Waals surface area contributed by atoms with Crippen molar-refractivity contribution in [2.45, 2.75) is 46.1 Å². The second-order valence-electron chi connectivity index (χ2n) is 11.1. The summed E-state index contributed by atoms with van der Waals surface area (Å²) in [7, 11) is 1.69. The van der Waals surface area contributed by atoms with Crippen LogP contribution in [-0.2, 0) is 27.2 Å². The Morgan fingerprint density at radius 2 is 1.83 bits per heavy atom. The second-order valence-corrected chi connectivity index (χ2v) is 11.1. The standard InChI is InChI=1S/C33H35N5O3/c1-5-28(25-12-13-27-29(19-25)37(4)32(41)33(2,3)31(40)36-27)38(16-14-22-9-8-15-34-20-22)30(39)18-23-17-24-10-6-7-11-26(24)35-21-23/h6-13,15,17,19-21,28H,5,14,16,18H2,1-4H3,(H,36,40). The highest BCUT2D eigenvalue weighted by Crippen LogP contribution is 2.38. The predicted molar refractivity (Wildman–Crippen MR) is 160 cm³/mol. The monoisotopic (exact) mass is 549 g/mol. The van der Waals surface area contributed by atoms with E-state index in [1.165, 1.54) is 4.90 Å². The van der Waals surface area contributed by atoms with E-state index in [9.17, 15) is 14.4 Å². The first-order valence-corrected chi connectivity index (χ1v) is 13.9. The van der Waals surface area contributed by atoms with Crippen LogP contribution >= 0.6 is 0 Å². The molecular formula is C33H35N5O3. The minimum atomic E-state index is -1.20. The van der Waals surface area contributed by atoms with Crippen LogP contribution in [0, 0.1) is 5.41 Å². The lowest BCUT2D eigenvalue weighted by atomic mass is 9.91. The number of hydrogen-bond donors (Lipinski definition) is 1. The van der Waals surface area contributed by atoms with Gasteiger partial charge in [0.05, 0.1) is 29.4 Å². The fourth-order valence-electron chi connectivity index (χ4n) is 5.42. The SMILES string of the molecule is CCC(c1ccc2c(c1)N(C)C(=O)C(C)(C)C(=O)N2)N(CCc1cccnc1)C(=O)Cc1cnc2ccccc2c1. The van der Waals surface area contributed by atoms with Crippen LogP contribution in [0.25, 0.3) is 10.9 Å². The number of anilines is 2. The van der Waals surface area contributed by atoms with E-state index in [0.29, 0.717) is 30.8 Å². The second kappa shape index (κ2) is 11.5. The summed E-state index contributed by atoms with van der Waals surface area (Å²) in [5.41, 5.74) is 3.68. The molecule has 0 aliphatic carbocycles. The number of nitrogens with one attached hydrogen (secondary N) is 1. The molecule has 2 aromatic carbocycles. The van der Waals surface area contributed by atoms with Gasteiger partial charge in [0.15, 0.2) is 0 Å². The van der Waals surface area contributed by atoms with Crippen LogP contribution in [0.4, 0.5) is 11.4 Å². The Hall–Kier alpha value is -4.59. The lowest BCUT2D eigenvalue weighted by molar-refractivity contribution is -0.136. The van der Waals surface area contributed by atoms with Gasteiger partial charge in [-0.3, -0.25) is 24.4 Å². The lowest BCUT2D eigenvalue weighted by Gasteiger charge is -2.33. The van der Waals surface area contributed by atoms with Crippen molar-refractivity contribution < 1.29 is 14.4 Å². The van der Waals surface area contributed by atoms with E-state index >= 15 is 0 Å². The largest absolute Gasteiger partial charge is 0.335 e. The maximum absolute atomic E-state index is 14.0. The Bertz CT molecular complexity index is 1600. The van der Waals surface area contributed by atoms with Gasteiger partial charge < -0.3 is 15.1 Å².